The summed E-state index contributed by atoms with van der Waals surface area (Å²) in [5.41, 5.74) is 0. The normalized spacial score (nSPS) is 20.6. The highest BCUT2D eigenvalue weighted by molar-refractivity contribution is 5.67. The van der Waals surface area contributed by atoms with Crippen molar-refractivity contribution in [3.63, 3.8) is 0 Å². The van der Waals surface area contributed by atoms with E-state index in [9.17, 15) is 4.79 Å². The zero-order valence-electron chi connectivity index (χ0n) is 11.3. The van der Waals surface area contributed by atoms with Crippen LogP contribution in [0.1, 0.15) is 44.9 Å². The summed E-state index contributed by atoms with van der Waals surface area (Å²) in [7, 11) is 0. The van der Waals surface area contributed by atoms with Gasteiger partial charge >= 0.3 is 5.97 Å². The molecule has 2 heterocycles. The molecular formula is C12H21N5O2. The third kappa shape index (κ3) is 3.73. The van der Waals surface area contributed by atoms with Gasteiger partial charge in [0.1, 0.15) is 0 Å². The molecule has 1 atom stereocenters. The maximum absolute atomic E-state index is 10.9. The molecule has 7 heteroatoms. The number of carbonyl (C=O) groups is 1. The Hall–Kier alpha value is -1.50. The summed E-state index contributed by atoms with van der Waals surface area (Å²) in [5.74, 6) is 0.101. The summed E-state index contributed by atoms with van der Waals surface area (Å²) >= 11 is 0. The van der Waals surface area contributed by atoms with Crippen molar-refractivity contribution >= 4 is 5.97 Å². The topological polar surface area (TPSA) is 84.1 Å². The van der Waals surface area contributed by atoms with Crippen LogP contribution < -0.4 is 0 Å². The average Bonchev–Trinajstić information content (AvgIpc) is 2.79. The number of hydrogen-bond acceptors (Lipinski definition) is 5. The van der Waals surface area contributed by atoms with Crippen LogP contribution in [0.2, 0.25) is 0 Å². The number of rotatable bonds is 6. The lowest BCUT2D eigenvalue weighted by molar-refractivity contribution is -0.138. The standard InChI is InChI=1S/C12H21N5O2/c1-2-6-17-11(13-14-15-17)9-16-7-4-3-5-10(16)8-12(18)19/h10H,2-9H2,1H3,(H,18,19). The molecule has 1 saturated heterocycles. The predicted molar refractivity (Wildman–Crippen MR) is 68.4 cm³/mol. The van der Waals surface area contributed by atoms with Crippen LogP contribution in [0.4, 0.5) is 0 Å². The molecule has 0 aliphatic carbocycles. The number of hydrogen-bond donors (Lipinski definition) is 1. The molecule has 1 aromatic rings. The summed E-state index contributed by atoms with van der Waals surface area (Å²) in [6.45, 7) is 4.46. The van der Waals surface area contributed by atoms with Gasteiger partial charge in [0.2, 0.25) is 0 Å². The van der Waals surface area contributed by atoms with Crippen LogP contribution in [0.25, 0.3) is 0 Å². The fourth-order valence-corrected chi connectivity index (χ4v) is 2.60. The molecule has 2 rings (SSSR count). The third-order valence-corrected chi connectivity index (χ3v) is 3.55. The minimum atomic E-state index is -0.731. The number of aromatic nitrogens is 4. The first kappa shape index (κ1) is 13.9. The molecule has 0 bridgehead atoms. The molecule has 19 heavy (non-hydrogen) atoms. The molecular weight excluding hydrogens is 246 g/mol. The highest BCUT2D eigenvalue weighted by Crippen LogP contribution is 2.21. The van der Waals surface area contributed by atoms with Crippen molar-refractivity contribution in [2.45, 2.75) is 58.2 Å². The minimum absolute atomic E-state index is 0.109. The lowest BCUT2D eigenvalue weighted by Gasteiger charge is -2.34. The molecule has 0 spiro atoms. The zero-order chi connectivity index (χ0) is 13.7. The van der Waals surface area contributed by atoms with E-state index in [4.69, 9.17) is 5.11 Å². The Morgan fingerprint density at radius 3 is 3.05 bits per heavy atom. The van der Waals surface area contributed by atoms with Gasteiger partial charge in [-0.3, -0.25) is 9.69 Å². The Morgan fingerprint density at radius 2 is 2.32 bits per heavy atom. The average molecular weight is 267 g/mol. The maximum Gasteiger partial charge on any atom is 0.304 e. The predicted octanol–water partition coefficient (Wildman–Crippen LogP) is 0.912. The Bertz CT molecular complexity index is 420. The van der Waals surface area contributed by atoms with E-state index in [1.807, 2.05) is 4.68 Å². The van der Waals surface area contributed by atoms with Crippen LogP contribution >= 0.6 is 0 Å². The van der Waals surface area contributed by atoms with Crippen molar-refractivity contribution in [2.24, 2.45) is 0 Å². The molecule has 1 unspecified atom stereocenters. The molecule has 1 aliphatic rings. The van der Waals surface area contributed by atoms with E-state index in [2.05, 4.69) is 27.3 Å². The van der Waals surface area contributed by atoms with Gasteiger partial charge in [0, 0.05) is 12.6 Å². The minimum Gasteiger partial charge on any atom is -0.481 e. The maximum atomic E-state index is 10.9. The first-order chi connectivity index (χ1) is 9.20. The second-order valence-corrected chi connectivity index (χ2v) is 5.04. The quantitative estimate of drug-likeness (QED) is 0.824. The molecule has 0 amide bonds. The lowest BCUT2D eigenvalue weighted by atomic mass is 9.99. The van der Waals surface area contributed by atoms with Crippen molar-refractivity contribution in [2.75, 3.05) is 6.54 Å². The van der Waals surface area contributed by atoms with Gasteiger partial charge in [-0.15, -0.1) is 5.10 Å². The Balaban J connectivity index is 2.02. The molecule has 7 nitrogen and oxygen atoms in total. The number of aryl methyl sites for hydroxylation is 1. The Labute approximate surface area is 112 Å². The van der Waals surface area contributed by atoms with Crippen LogP contribution in [0.15, 0.2) is 0 Å². The first-order valence-electron chi connectivity index (χ1n) is 6.91. The van der Waals surface area contributed by atoms with E-state index in [0.29, 0.717) is 6.54 Å². The smallest absolute Gasteiger partial charge is 0.304 e. The second-order valence-electron chi connectivity index (χ2n) is 5.04. The van der Waals surface area contributed by atoms with E-state index in [1.165, 1.54) is 0 Å². The molecule has 0 saturated carbocycles. The number of carboxylic acids is 1. The molecule has 1 aliphatic heterocycles. The largest absolute Gasteiger partial charge is 0.481 e. The van der Waals surface area contributed by atoms with E-state index < -0.39 is 5.97 Å². The SMILES string of the molecule is CCCn1nnnc1CN1CCCCC1CC(=O)O. The second kappa shape index (κ2) is 6.60. The number of likely N-dealkylation sites (tertiary alicyclic amines) is 1. The number of carboxylic acid groups (broad SMARTS) is 1. The van der Waals surface area contributed by atoms with E-state index in [0.717, 1.165) is 44.6 Å². The van der Waals surface area contributed by atoms with Crippen molar-refractivity contribution in [1.29, 1.82) is 0 Å². The van der Waals surface area contributed by atoms with Crippen molar-refractivity contribution in [3.8, 4) is 0 Å². The van der Waals surface area contributed by atoms with Crippen LogP contribution in [-0.4, -0.2) is 48.8 Å². The Morgan fingerprint density at radius 1 is 1.47 bits per heavy atom. The lowest BCUT2D eigenvalue weighted by Crippen LogP contribution is -2.40. The number of tetrazole rings is 1. The molecule has 0 aromatic carbocycles. The monoisotopic (exact) mass is 267 g/mol. The summed E-state index contributed by atoms with van der Waals surface area (Å²) < 4.78 is 1.81. The fourth-order valence-electron chi connectivity index (χ4n) is 2.60. The number of nitrogens with zero attached hydrogens (tertiary/aromatic N) is 5. The third-order valence-electron chi connectivity index (χ3n) is 3.55. The molecule has 0 radical (unpaired) electrons. The Kier molecular flexibility index (Phi) is 4.84. The number of piperidine rings is 1. The van der Waals surface area contributed by atoms with Crippen LogP contribution in [-0.2, 0) is 17.9 Å². The first-order valence-corrected chi connectivity index (χ1v) is 6.91. The summed E-state index contributed by atoms with van der Waals surface area (Å²) in [4.78, 5) is 13.1. The number of aliphatic carboxylic acids is 1. The van der Waals surface area contributed by atoms with Gasteiger partial charge in [-0.05, 0) is 36.2 Å². The fraction of sp³-hybridized carbons (Fsp3) is 0.833. The van der Waals surface area contributed by atoms with Gasteiger partial charge < -0.3 is 5.11 Å². The zero-order valence-corrected chi connectivity index (χ0v) is 11.3. The molecule has 1 aromatic heterocycles. The van der Waals surface area contributed by atoms with Crippen molar-refractivity contribution in [1.82, 2.24) is 25.1 Å². The highest BCUT2D eigenvalue weighted by atomic mass is 16.4. The molecule has 1 fully saturated rings. The molecule has 1 N–H and O–H groups in total. The van der Waals surface area contributed by atoms with Gasteiger partial charge in [-0.2, -0.15) is 0 Å². The van der Waals surface area contributed by atoms with Crippen molar-refractivity contribution < 1.29 is 9.90 Å². The van der Waals surface area contributed by atoms with Gasteiger partial charge in [0.05, 0.1) is 13.0 Å². The van der Waals surface area contributed by atoms with E-state index in [-0.39, 0.29) is 12.5 Å². The van der Waals surface area contributed by atoms with Crippen LogP contribution in [0.5, 0.6) is 0 Å². The summed E-state index contributed by atoms with van der Waals surface area (Å²) in [5, 5.41) is 20.7. The highest BCUT2D eigenvalue weighted by Gasteiger charge is 2.26. The van der Waals surface area contributed by atoms with Gasteiger partial charge in [0.25, 0.3) is 0 Å². The van der Waals surface area contributed by atoms with Gasteiger partial charge in [0.15, 0.2) is 5.82 Å². The van der Waals surface area contributed by atoms with Crippen LogP contribution in [0.3, 0.4) is 0 Å². The molecule has 106 valence electrons. The van der Waals surface area contributed by atoms with Gasteiger partial charge in [-0.25, -0.2) is 4.68 Å². The summed E-state index contributed by atoms with van der Waals surface area (Å²) in [6.07, 6.45) is 4.35. The summed E-state index contributed by atoms with van der Waals surface area (Å²) in [6, 6.07) is 0.109. The van der Waals surface area contributed by atoms with Gasteiger partial charge in [-0.1, -0.05) is 13.3 Å². The van der Waals surface area contributed by atoms with E-state index >= 15 is 0 Å². The van der Waals surface area contributed by atoms with Crippen molar-refractivity contribution in [3.05, 3.63) is 5.82 Å². The van der Waals surface area contributed by atoms with Crippen LogP contribution in [0, 0.1) is 0 Å². The van der Waals surface area contributed by atoms with E-state index in [1.54, 1.807) is 0 Å².